The number of hydrogen-bond acceptors (Lipinski definition) is 1. The quantitative estimate of drug-likeness (QED) is 0.765. The zero-order valence-corrected chi connectivity index (χ0v) is 12.1. The van der Waals surface area contributed by atoms with Crippen LogP contribution in [0.4, 0.5) is 0 Å². The summed E-state index contributed by atoms with van der Waals surface area (Å²) in [5.74, 6) is 0.0953. The molecular formula is C14H15Cl2NO. The average molecular weight is 284 g/mol. The van der Waals surface area contributed by atoms with Crippen LogP contribution in [0.2, 0.25) is 10.0 Å². The van der Waals surface area contributed by atoms with Crippen molar-refractivity contribution in [3.05, 3.63) is 33.9 Å². The minimum atomic E-state index is -0.0421. The number of aromatic nitrogens is 1. The zero-order chi connectivity index (χ0) is 13.5. The Morgan fingerprint density at radius 1 is 1.28 bits per heavy atom. The van der Waals surface area contributed by atoms with Crippen LogP contribution in [0, 0.1) is 5.41 Å². The zero-order valence-electron chi connectivity index (χ0n) is 10.6. The number of carbonyl (C=O) groups excluding carboxylic acids is 1. The molecule has 0 saturated heterocycles. The monoisotopic (exact) mass is 283 g/mol. The topological polar surface area (TPSA) is 32.9 Å². The molecule has 0 aliphatic rings. The van der Waals surface area contributed by atoms with Gasteiger partial charge < -0.3 is 4.98 Å². The van der Waals surface area contributed by atoms with E-state index >= 15 is 0 Å². The Morgan fingerprint density at radius 3 is 2.56 bits per heavy atom. The Morgan fingerprint density at radius 2 is 1.94 bits per heavy atom. The predicted molar refractivity (Wildman–Crippen MR) is 76.7 cm³/mol. The van der Waals surface area contributed by atoms with Crippen LogP contribution in [0.25, 0.3) is 10.9 Å². The molecule has 1 aromatic heterocycles. The van der Waals surface area contributed by atoms with Crippen molar-refractivity contribution in [3.63, 3.8) is 0 Å². The van der Waals surface area contributed by atoms with E-state index in [9.17, 15) is 4.79 Å². The van der Waals surface area contributed by atoms with E-state index in [1.807, 2.05) is 20.8 Å². The minimum Gasteiger partial charge on any atom is -0.360 e. The molecule has 0 aliphatic heterocycles. The number of nitrogens with one attached hydrogen (secondary N) is 1. The first kappa shape index (κ1) is 13.4. The fraction of sp³-hybridized carbons (Fsp3) is 0.357. The van der Waals surface area contributed by atoms with Gasteiger partial charge in [0, 0.05) is 34.1 Å². The van der Waals surface area contributed by atoms with Gasteiger partial charge in [-0.1, -0.05) is 44.0 Å². The van der Waals surface area contributed by atoms with Gasteiger partial charge in [0.05, 0.1) is 5.02 Å². The summed E-state index contributed by atoms with van der Waals surface area (Å²) in [5.41, 5.74) is 1.39. The van der Waals surface area contributed by atoms with Gasteiger partial charge in [-0.2, -0.15) is 0 Å². The third-order valence-corrected chi connectivity index (χ3v) is 3.20. The molecule has 1 N–H and O–H groups in total. The summed E-state index contributed by atoms with van der Waals surface area (Å²) in [6, 6.07) is 3.43. The average Bonchev–Trinajstić information content (AvgIpc) is 2.58. The number of benzene rings is 1. The summed E-state index contributed by atoms with van der Waals surface area (Å²) in [5, 5.41) is 1.83. The van der Waals surface area contributed by atoms with Crippen molar-refractivity contribution < 1.29 is 4.79 Å². The molecule has 4 heteroatoms. The van der Waals surface area contributed by atoms with Gasteiger partial charge in [-0.15, -0.1) is 0 Å². The van der Waals surface area contributed by atoms with Gasteiger partial charge >= 0.3 is 0 Å². The maximum Gasteiger partial charge on any atom is 0.165 e. The van der Waals surface area contributed by atoms with Crippen LogP contribution in [0.15, 0.2) is 18.3 Å². The van der Waals surface area contributed by atoms with E-state index in [0.717, 1.165) is 10.9 Å². The molecule has 0 atom stereocenters. The highest BCUT2D eigenvalue weighted by molar-refractivity contribution is 6.39. The first-order chi connectivity index (χ1) is 8.28. The highest BCUT2D eigenvalue weighted by Gasteiger charge is 2.21. The molecule has 0 radical (unpaired) electrons. The summed E-state index contributed by atoms with van der Waals surface area (Å²) >= 11 is 12.1. The van der Waals surface area contributed by atoms with Gasteiger partial charge in [0.1, 0.15) is 0 Å². The lowest BCUT2D eigenvalue weighted by Gasteiger charge is -2.16. The number of rotatable bonds is 2. The summed E-state index contributed by atoms with van der Waals surface area (Å²) in [7, 11) is 0. The molecule has 0 spiro atoms. The molecule has 2 nitrogen and oxygen atoms in total. The molecular weight excluding hydrogens is 269 g/mol. The third-order valence-electron chi connectivity index (χ3n) is 2.69. The molecule has 0 bridgehead atoms. The minimum absolute atomic E-state index is 0.0421. The van der Waals surface area contributed by atoms with Crippen molar-refractivity contribution in [2.75, 3.05) is 0 Å². The third kappa shape index (κ3) is 2.70. The SMILES string of the molecule is CC(C)(C)CC(=O)c1c[nH]c2cc(Cl)cc(Cl)c12. The van der Waals surface area contributed by atoms with Gasteiger partial charge in [0.2, 0.25) is 0 Å². The van der Waals surface area contributed by atoms with Crippen molar-refractivity contribution in [1.82, 2.24) is 4.98 Å². The van der Waals surface area contributed by atoms with Crippen molar-refractivity contribution >= 4 is 39.9 Å². The number of halogens is 2. The number of H-pyrrole nitrogens is 1. The number of ketones is 1. The smallest absolute Gasteiger partial charge is 0.165 e. The van der Waals surface area contributed by atoms with Gasteiger partial charge in [-0.05, 0) is 17.5 Å². The fourth-order valence-corrected chi connectivity index (χ4v) is 2.58. The van der Waals surface area contributed by atoms with E-state index < -0.39 is 0 Å². The van der Waals surface area contributed by atoms with Gasteiger partial charge in [-0.3, -0.25) is 4.79 Å². The molecule has 0 fully saturated rings. The summed E-state index contributed by atoms with van der Waals surface area (Å²) in [6.45, 7) is 6.12. The Bertz CT molecular complexity index is 608. The second-order valence-corrected chi connectivity index (χ2v) is 6.52. The normalized spacial score (nSPS) is 12.1. The van der Waals surface area contributed by atoms with Gasteiger partial charge in [-0.25, -0.2) is 0 Å². The first-order valence-corrected chi connectivity index (χ1v) is 6.53. The van der Waals surface area contributed by atoms with Crippen LogP contribution in [0.1, 0.15) is 37.6 Å². The van der Waals surface area contributed by atoms with Crippen molar-refractivity contribution in [2.45, 2.75) is 27.2 Å². The first-order valence-electron chi connectivity index (χ1n) is 5.77. The van der Waals surface area contributed by atoms with Gasteiger partial charge in [0.25, 0.3) is 0 Å². The van der Waals surface area contributed by atoms with Crippen LogP contribution < -0.4 is 0 Å². The summed E-state index contributed by atoms with van der Waals surface area (Å²) < 4.78 is 0. The molecule has 2 rings (SSSR count). The molecule has 18 heavy (non-hydrogen) atoms. The Balaban J connectivity index is 2.50. The molecule has 1 heterocycles. The van der Waals surface area contributed by atoms with E-state index in [-0.39, 0.29) is 11.2 Å². The molecule has 0 amide bonds. The Labute approximate surface area is 116 Å². The number of aromatic amines is 1. The van der Waals surface area contributed by atoms with Crippen LogP contribution >= 0.6 is 23.2 Å². The van der Waals surface area contributed by atoms with Gasteiger partial charge in [0.15, 0.2) is 5.78 Å². The summed E-state index contributed by atoms with van der Waals surface area (Å²) in [4.78, 5) is 15.3. The van der Waals surface area contributed by atoms with Crippen LogP contribution in [0.5, 0.6) is 0 Å². The maximum absolute atomic E-state index is 12.3. The second kappa shape index (κ2) is 4.60. The standard InChI is InChI=1S/C14H15Cl2NO/c1-14(2,3)6-12(18)9-7-17-11-5-8(15)4-10(16)13(9)11/h4-5,7,17H,6H2,1-3H3. The molecule has 0 aliphatic carbocycles. The van der Waals surface area contributed by atoms with E-state index in [2.05, 4.69) is 4.98 Å². The van der Waals surface area contributed by atoms with E-state index in [0.29, 0.717) is 22.0 Å². The molecule has 0 saturated carbocycles. The predicted octanol–water partition coefficient (Wildman–Crippen LogP) is 5.09. The van der Waals surface area contributed by atoms with Crippen LogP contribution in [0.3, 0.4) is 0 Å². The molecule has 2 aromatic rings. The van der Waals surface area contributed by atoms with Crippen LogP contribution in [-0.4, -0.2) is 10.8 Å². The molecule has 1 aromatic carbocycles. The summed E-state index contributed by atoms with van der Waals surface area (Å²) in [6.07, 6.45) is 2.19. The molecule has 0 unspecified atom stereocenters. The lowest BCUT2D eigenvalue weighted by Crippen LogP contribution is -2.12. The lowest BCUT2D eigenvalue weighted by molar-refractivity contribution is 0.0941. The van der Waals surface area contributed by atoms with Crippen molar-refractivity contribution in [1.29, 1.82) is 0 Å². The van der Waals surface area contributed by atoms with E-state index in [4.69, 9.17) is 23.2 Å². The number of fused-ring (bicyclic) bond motifs is 1. The van der Waals surface area contributed by atoms with Crippen LogP contribution in [-0.2, 0) is 0 Å². The highest BCUT2D eigenvalue weighted by Crippen LogP contribution is 2.32. The lowest BCUT2D eigenvalue weighted by atomic mass is 9.88. The van der Waals surface area contributed by atoms with E-state index in [1.54, 1.807) is 18.3 Å². The molecule has 96 valence electrons. The second-order valence-electron chi connectivity index (χ2n) is 5.67. The Hall–Kier alpha value is -0.990. The number of hydrogen-bond donors (Lipinski definition) is 1. The number of Topliss-reactive ketones (excluding diaryl/α,β-unsaturated/α-hetero) is 1. The van der Waals surface area contributed by atoms with Crippen molar-refractivity contribution in [3.8, 4) is 0 Å². The Kier molecular flexibility index (Phi) is 3.43. The van der Waals surface area contributed by atoms with E-state index in [1.165, 1.54) is 0 Å². The largest absolute Gasteiger partial charge is 0.360 e. The fourth-order valence-electron chi connectivity index (χ4n) is 1.98. The van der Waals surface area contributed by atoms with Crippen molar-refractivity contribution in [2.24, 2.45) is 5.41 Å². The maximum atomic E-state index is 12.3. The number of carbonyl (C=O) groups is 1. The highest BCUT2D eigenvalue weighted by atomic mass is 35.5.